The maximum Gasteiger partial charge on any atom is 0.409 e. The molecule has 0 unspecified atom stereocenters. The molecule has 0 radical (unpaired) electrons. The molecule has 0 rings (SSSR count). The second-order valence-electron chi connectivity index (χ2n) is 12.9. The number of ether oxygens (including phenoxy) is 3. The monoisotopic (exact) mass is 665 g/mol. The summed E-state index contributed by atoms with van der Waals surface area (Å²) in [6, 6.07) is 0. The highest BCUT2D eigenvalue weighted by Crippen LogP contribution is 2.11. The molecule has 0 atom stereocenters. The van der Waals surface area contributed by atoms with Crippen molar-refractivity contribution >= 4 is 18.0 Å². The maximum atomic E-state index is 12.8. The molecule has 1 amide bonds. The number of rotatable bonds is 33. The van der Waals surface area contributed by atoms with Gasteiger partial charge in [-0.25, -0.2) is 4.79 Å². The minimum absolute atomic E-state index is 0.122. The molecule has 274 valence electrons. The Kier molecular flexibility index (Phi) is 33.2. The molecule has 0 aliphatic rings. The second-order valence-corrected chi connectivity index (χ2v) is 12.9. The number of hydrogen-bond acceptors (Lipinski definition) is 7. The van der Waals surface area contributed by atoms with Crippen molar-refractivity contribution in [3.05, 3.63) is 24.3 Å². The Hall–Kier alpha value is -2.35. The van der Waals surface area contributed by atoms with Crippen LogP contribution in [-0.4, -0.2) is 81.4 Å². The Morgan fingerprint density at radius 3 is 1.36 bits per heavy atom. The molecule has 0 aromatic heterocycles. The summed E-state index contributed by atoms with van der Waals surface area (Å²) in [5, 5.41) is 0. The molecule has 0 spiro atoms. The summed E-state index contributed by atoms with van der Waals surface area (Å²) in [6.45, 7) is 7.64. The SMILES string of the molecule is CCCCCCC=CCOC(=O)CCCCCCCN(CCCCCCCC(=O)OCC=CCCCCCC)C(=O)OCCN(C)C. The van der Waals surface area contributed by atoms with E-state index in [0.29, 0.717) is 52.3 Å². The van der Waals surface area contributed by atoms with E-state index in [2.05, 4.69) is 26.0 Å². The molecule has 0 saturated carbocycles. The highest BCUT2D eigenvalue weighted by Gasteiger charge is 2.14. The average Bonchev–Trinajstić information content (AvgIpc) is 3.05. The van der Waals surface area contributed by atoms with Crippen LogP contribution in [0.4, 0.5) is 4.79 Å². The number of amides is 1. The molecule has 0 aliphatic heterocycles. The molecule has 47 heavy (non-hydrogen) atoms. The zero-order chi connectivity index (χ0) is 34.6. The van der Waals surface area contributed by atoms with Gasteiger partial charge in [0.25, 0.3) is 0 Å². The first-order valence-electron chi connectivity index (χ1n) is 19.1. The fourth-order valence-corrected chi connectivity index (χ4v) is 5.08. The Balaban J connectivity index is 4.07. The van der Waals surface area contributed by atoms with Gasteiger partial charge in [-0.1, -0.05) is 115 Å². The summed E-state index contributed by atoms with van der Waals surface area (Å²) in [7, 11) is 3.93. The molecule has 0 fully saturated rings. The second kappa shape index (κ2) is 35.0. The van der Waals surface area contributed by atoms with Crippen LogP contribution in [-0.2, 0) is 23.8 Å². The summed E-state index contributed by atoms with van der Waals surface area (Å²) < 4.78 is 16.1. The van der Waals surface area contributed by atoms with Crippen molar-refractivity contribution in [2.75, 3.05) is 53.6 Å². The number of nitrogens with zero attached hydrogens (tertiary/aromatic N) is 2. The molecule has 0 aliphatic carbocycles. The van der Waals surface area contributed by atoms with Gasteiger partial charge in [-0.3, -0.25) is 9.59 Å². The van der Waals surface area contributed by atoms with E-state index in [4.69, 9.17) is 14.2 Å². The minimum Gasteiger partial charge on any atom is -0.461 e. The number of allylic oxidation sites excluding steroid dienone is 2. The largest absolute Gasteiger partial charge is 0.461 e. The molecule has 0 aromatic rings. The van der Waals surface area contributed by atoms with E-state index >= 15 is 0 Å². The summed E-state index contributed by atoms with van der Waals surface area (Å²) in [4.78, 5) is 40.5. The molecular weight excluding hydrogens is 592 g/mol. The molecular formula is C39H72N2O6. The number of unbranched alkanes of at least 4 members (excludes halogenated alkanes) is 16. The third-order valence-corrected chi connectivity index (χ3v) is 8.10. The van der Waals surface area contributed by atoms with Crippen LogP contribution in [0, 0.1) is 0 Å². The summed E-state index contributed by atoms with van der Waals surface area (Å²) in [6.07, 6.45) is 30.5. The first-order valence-corrected chi connectivity index (χ1v) is 19.1. The molecule has 8 nitrogen and oxygen atoms in total. The lowest BCUT2D eigenvalue weighted by molar-refractivity contribution is -0.143. The molecule has 0 heterocycles. The van der Waals surface area contributed by atoms with Gasteiger partial charge in [-0.15, -0.1) is 0 Å². The highest BCUT2D eigenvalue weighted by molar-refractivity contribution is 5.69. The van der Waals surface area contributed by atoms with Crippen LogP contribution in [0.2, 0.25) is 0 Å². The Morgan fingerprint density at radius 1 is 0.489 bits per heavy atom. The summed E-state index contributed by atoms with van der Waals surface area (Å²) >= 11 is 0. The van der Waals surface area contributed by atoms with Gasteiger partial charge in [0.1, 0.15) is 19.8 Å². The third kappa shape index (κ3) is 33.3. The predicted molar refractivity (Wildman–Crippen MR) is 195 cm³/mol. The standard InChI is InChI=1S/C39H72N2O6/c1-5-7-9-11-13-21-27-34-45-37(42)29-23-17-15-19-25-31-41(39(44)47-36-33-40(3)4)32-26-20-16-18-24-30-38(43)46-35-28-22-14-12-10-8-6-2/h21-22,27-28H,5-20,23-26,29-36H2,1-4H3. The Labute approximate surface area is 289 Å². The Morgan fingerprint density at radius 2 is 0.915 bits per heavy atom. The van der Waals surface area contributed by atoms with Crippen molar-refractivity contribution in [2.45, 2.75) is 155 Å². The minimum atomic E-state index is -0.234. The van der Waals surface area contributed by atoms with Crippen molar-refractivity contribution in [3.8, 4) is 0 Å². The fraction of sp³-hybridized carbons (Fsp3) is 0.821. The van der Waals surface area contributed by atoms with Crippen molar-refractivity contribution < 1.29 is 28.6 Å². The Bertz CT molecular complexity index is 746. The van der Waals surface area contributed by atoms with E-state index in [1.165, 1.54) is 51.4 Å². The van der Waals surface area contributed by atoms with Gasteiger partial charge in [-0.05, 0) is 65.5 Å². The number of esters is 2. The van der Waals surface area contributed by atoms with Crippen LogP contribution in [0.25, 0.3) is 0 Å². The van der Waals surface area contributed by atoms with Crippen LogP contribution in [0.3, 0.4) is 0 Å². The number of carbonyl (C=O) groups is 3. The first-order chi connectivity index (χ1) is 22.9. The lowest BCUT2D eigenvalue weighted by Gasteiger charge is -2.23. The fourth-order valence-electron chi connectivity index (χ4n) is 5.08. The van der Waals surface area contributed by atoms with Crippen LogP contribution >= 0.6 is 0 Å². The smallest absolute Gasteiger partial charge is 0.409 e. The maximum absolute atomic E-state index is 12.8. The topological polar surface area (TPSA) is 85.4 Å². The lowest BCUT2D eigenvalue weighted by atomic mass is 10.1. The van der Waals surface area contributed by atoms with Gasteiger partial charge in [0, 0.05) is 32.5 Å². The zero-order valence-corrected chi connectivity index (χ0v) is 31.0. The number of hydrogen-bond donors (Lipinski definition) is 0. The van der Waals surface area contributed by atoms with E-state index in [-0.39, 0.29) is 18.0 Å². The van der Waals surface area contributed by atoms with Crippen molar-refractivity contribution in [3.63, 3.8) is 0 Å². The van der Waals surface area contributed by atoms with E-state index in [0.717, 1.165) is 77.0 Å². The van der Waals surface area contributed by atoms with Crippen LogP contribution in [0.15, 0.2) is 24.3 Å². The normalized spacial score (nSPS) is 11.5. The zero-order valence-electron chi connectivity index (χ0n) is 31.0. The number of likely N-dealkylation sites (N-methyl/N-ethyl adjacent to an activating group) is 1. The van der Waals surface area contributed by atoms with Crippen LogP contribution in [0.5, 0.6) is 0 Å². The third-order valence-electron chi connectivity index (χ3n) is 8.10. The summed E-state index contributed by atoms with van der Waals surface area (Å²) in [5.74, 6) is -0.244. The van der Waals surface area contributed by atoms with Crippen molar-refractivity contribution in [1.29, 1.82) is 0 Å². The van der Waals surface area contributed by atoms with Gasteiger partial charge >= 0.3 is 18.0 Å². The van der Waals surface area contributed by atoms with Crippen LogP contribution in [0.1, 0.15) is 155 Å². The van der Waals surface area contributed by atoms with Gasteiger partial charge < -0.3 is 24.0 Å². The molecule has 0 N–H and O–H groups in total. The molecule has 8 heteroatoms. The highest BCUT2D eigenvalue weighted by atomic mass is 16.6. The van der Waals surface area contributed by atoms with Gasteiger partial charge in [-0.2, -0.15) is 0 Å². The van der Waals surface area contributed by atoms with E-state index in [1.807, 2.05) is 36.0 Å². The quantitative estimate of drug-likeness (QED) is 0.0299. The molecule has 0 saturated heterocycles. The summed E-state index contributed by atoms with van der Waals surface area (Å²) in [5.41, 5.74) is 0. The predicted octanol–water partition coefficient (Wildman–Crippen LogP) is 9.81. The van der Waals surface area contributed by atoms with Gasteiger partial charge in [0.2, 0.25) is 0 Å². The van der Waals surface area contributed by atoms with Gasteiger partial charge in [0.15, 0.2) is 0 Å². The number of carbonyl (C=O) groups excluding carboxylic acids is 3. The average molecular weight is 665 g/mol. The lowest BCUT2D eigenvalue weighted by Crippen LogP contribution is -2.35. The van der Waals surface area contributed by atoms with E-state index < -0.39 is 0 Å². The van der Waals surface area contributed by atoms with E-state index in [9.17, 15) is 14.4 Å². The van der Waals surface area contributed by atoms with Crippen molar-refractivity contribution in [2.24, 2.45) is 0 Å². The molecule has 0 aromatic carbocycles. The molecule has 0 bridgehead atoms. The van der Waals surface area contributed by atoms with Gasteiger partial charge in [0.05, 0.1) is 0 Å². The van der Waals surface area contributed by atoms with E-state index in [1.54, 1.807) is 0 Å². The van der Waals surface area contributed by atoms with Crippen molar-refractivity contribution in [1.82, 2.24) is 9.80 Å². The van der Waals surface area contributed by atoms with Crippen LogP contribution < -0.4 is 0 Å². The first kappa shape index (κ1) is 44.6.